The molecule has 0 saturated carbocycles. The van der Waals surface area contributed by atoms with Crippen molar-refractivity contribution in [1.29, 1.82) is 0 Å². The summed E-state index contributed by atoms with van der Waals surface area (Å²) in [4.78, 5) is 24.3. The van der Waals surface area contributed by atoms with E-state index in [0.29, 0.717) is 15.8 Å². The van der Waals surface area contributed by atoms with Gasteiger partial charge < -0.3 is 10.1 Å². The van der Waals surface area contributed by atoms with Gasteiger partial charge in [-0.2, -0.15) is 0 Å². The Morgan fingerprint density at radius 3 is 2.68 bits per heavy atom. The molecule has 0 aliphatic rings. The van der Waals surface area contributed by atoms with Gasteiger partial charge in [0, 0.05) is 15.8 Å². The molecule has 0 radical (unpaired) electrons. The molecule has 2 aromatic carbocycles. The summed E-state index contributed by atoms with van der Waals surface area (Å²) in [6, 6.07) is 11.7. The fraction of sp³-hybridized carbons (Fsp3) is 0.158. The second-order valence-corrected chi connectivity index (χ2v) is 6.79. The number of halogens is 1. The average Bonchev–Trinajstić information content (AvgIpc) is 3.01. The van der Waals surface area contributed by atoms with Crippen molar-refractivity contribution in [1.82, 2.24) is 0 Å². The first-order valence-electron chi connectivity index (χ1n) is 7.66. The van der Waals surface area contributed by atoms with Crippen molar-refractivity contribution in [3.8, 4) is 0 Å². The summed E-state index contributed by atoms with van der Waals surface area (Å²) < 4.78 is 19.4. The van der Waals surface area contributed by atoms with E-state index in [1.54, 1.807) is 18.2 Å². The van der Waals surface area contributed by atoms with E-state index < -0.39 is 18.5 Å². The molecule has 0 fully saturated rings. The fourth-order valence-electron chi connectivity index (χ4n) is 2.47. The van der Waals surface area contributed by atoms with E-state index in [4.69, 9.17) is 4.74 Å². The summed E-state index contributed by atoms with van der Waals surface area (Å²) in [6.45, 7) is 3.46. The Morgan fingerprint density at radius 2 is 1.96 bits per heavy atom. The number of carbonyl (C=O) groups is 2. The summed E-state index contributed by atoms with van der Waals surface area (Å²) in [5.41, 5.74) is 2.70. The standard InChI is InChI=1S/C19H16FNO3S/c1-11-6-7-15(12(2)8-11)21-18(22)10-24-19(23)17-9-13-14(20)4-3-5-16(13)25-17/h3-9H,10H2,1-2H3,(H,21,22). The molecule has 0 saturated heterocycles. The van der Waals surface area contributed by atoms with Crippen LogP contribution in [-0.4, -0.2) is 18.5 Å². The lowest BCUT2D eigenvalue weighted by atomic mass is 10.1. The number of esters is 1. The van der Waals surface area contributed by atoms with Crippen molar-refractivity contribution in [2.75, 3.05) is 11.9 Å². The summed E-state index contributed by atoms with van der Waals surface area (Å²) in [6.07, 6.45) is 0. The summed E-state index contributed by atoms with van der Waals surface area (Å²) >= 11 is 1.13. The SMILES string of the molecule is Cc1ccc(NC(=O)COC(=O)c2cc3c(F)cccc3s2)c(C)c1. The number of hydrogen-bond donors (Lipinski definition) is 1. The van der Waals surface area contributed by atoms with Gasteiger partial charge in [-0.25, -0.2) is 9.18 Å². The zero-order valence-corrected chi connectivity index (χ0v) is 14.6. The average molecular weight is 357 g/mol. The number of nitrogens with one attached hydrogen (secondary N) is 1. The van der Waals surface area contributed by atoms with Crippen LogP contribution in [0.2, 0.25) is 0 Å². The molecule has 25 heavy (non-hydrogen) atoms. The Morgan fingerprint density at radius 1 is 1.16 bits per heavy atom. The van der Waals surface area contributed by atoms with Crippen LogP contribution in [0.4, 0.5) is 10.1 Å². The molecule has 1 aromatic heterocycles. The van der Waals surface area contributed by atoms with Gasteiger partial charge in [0.25, 0.3) is 5.91 Å². The molecule has 4 nitrogen and oxygen atoms in total. The fourth-order valence-corrected chi connectivity index (χ4v) is 3.44. The Balaban J connectivity index is 1.63. The van der Waals surface area contributed by atoms with Gasteiger partial charge in [-0.05, 0) is 43.7 Å². The molecular weight excluding hydrogens is 341 g/mol. The van der Waals surface area contributed by atoms with Crippen LogP contribution in [0, 0.1) is 19.7 Å². The number of aryl methyl sites for hydroxylation is 2. The van der Waals surface area contributed by atoms with Crippen LogP contribution in [0.15, 0.2) is 42.5 Å². The van der Waals surface area contributed by atoms with E-state index >= 15 is 0 Å². The largest absolute Gasteiger partial charge is 0.451 e. The van der Waals surface area contributed by atoms with E-state index in [9.17, 15) is 14.0 Å². The van der Waals surface area contributed by atoms with E-state index in [1.807, 2.05) is 26.0 Å². The predicted molar refractivity (Wildman–Crippen MR) is 96.6 cm³/mol. The van der Waals surface area contributed by atoms with Crippen LogP contribution in [0.25, 0.3) is 10.1 Å². The predicted octanol–water partition coefficient (Wildman–Crippen LogP) is 4.45. The van der Waals surface area contributed by atoms with Crippen LogP contribution >= 0.6 is 11.3 Å². The Labute approximate surface area is 148 Å². The Bertz CT molecular complexity index is 964. The van der Waals surface area contributed by atoms with Crippen molar-refractivity contribution in [3.05, 3.63) is 64.3 Å². The first kappa shape index (κ1) is 17.1. The van der Waals surface area contributed by atoms with Crippen LogP contribution < -0.4 is 5.32 Å². The topological polar surface area (TPSA) is 55.4 Å². The van der Waals surface area contributed by atoms with Gasteiger partial charge in [0.15, 0.2) is 6.61 Å². The third-order valence-corrected chi connectivity index (χ3v) is 4.78. The van der Waals surface area contributed by atoms with Crippen molar-refractivity contribution in [3.63, 3.8) is 0 Å². The monoisotopic (exact) mass is 357 g/mol. The maximum atomic E-state index is 13.7. The van der Waals surface area contributed by atoms with Gasteiger partial charge in [0.05, 0.1) is 0 Å². The third kappa shape index (κ3) is 3.85. The van der Waals surface area contributed by atoms with E-state index in [2.05, 4.69) is 5.32 Å². The molecule has 0 atom stereocenters. The number of ether oxygens (including phenoxy) is 1. The molecule has 1 amide bonds. The lowest BCUT2D eigenvalue weighted by Crippen LogP contribution is -2.21. The minimum Gasteiger partial charge on any atom is -0.451 e. The maximum absolute atomic E-state index is 13.7. The van der Waals surface area contributed by atoms with Gasteiger partial charge in [-0.1, -0.05) is 23.8 Å². The zero-order chi connectivity index (χ0) is 18.0. The van der Waals surface area contributed by atoms with Crippen molar-refractivity contribution in [2.24, 2.45) is 0 Å². The quantitative estimate of drug-likeness (QED) is 0.702. The van der Waals surface area contributed by atoms with Gasteiger partial charge >= 0.3 is 5.97 Å². The lowest BCUT2D eigenvalue weighted by Gasteiger charge is -2.09. The molecule has 128 valence electrons. The number of hydrogen-bond acceptors (Lipinski definition) is 4. The zero-order valence-electron chi connectivity index (χ0n) is 13.8. The van der Waals surface area contributed by atoms with Crippen LogP contribution in [0.1, 0.15) is 20.8 Å². The maximum Gasteiger partial charge on any atom is 0.348 e. The number of rotatable bonds is 4. The number of anilines is 1. The summed E-state index contributed by atoms with van der Waals surface area (Å²) in [5.74, 6) is -1.45. The molecule has 0 unspecified atom stereocenters. The summed E-state index contributed by atoms with van der Waals surface area (Å²) in [7, 11) is 0. The number of benzene rings is 2. The van der Waals surface area contributed by atoms with Crippen LogP contribution in [-0.2, 0) is 9.53 Å². The van der Waals surface area contributed by atoms with Crippen LogP contribution in [0.3, 0.4) is 0 Å². The molecular formula is C19H16FNO3S. The highest BCUT2D eigenvalue weighted by molar-refractivity contribution is 7.20. The minimum absolute atomic E-state index is 0.263. The van der Waals surface area contributed by atoms with E-state index in [1.165, 1.54) is 12.1 Å². The minimum atomic E-state index is -0.642. The van der Waals surface area contributed by atoms with Crippen molar-refractivity contribution < 1.29 is 18.7 Å². The highest BCUT2D eigenvalue weighted by atomic mass is 32.1. The molecule has 0 spiro atoms. The molecule has 0 aliphatic carbocycles. The molecule has 3 rings (SSSR count). The molecule has 0 aliphatic heterocycles. The lowest BCUT2D eigenvalue weighted by molar-refractivity contribution is -0.119. The second kappa shape index (κ2) is 7.03. The number of carbonyl (C=O) groups excluding carboxylic acids is 2. The highest BCUT2D eigenvalue weighted by Crippen LogP contribution is 2.28. The molecule has 1 heterocycles. The van der Waals surface area contributed by atoms with Gasteiger partial charge in [-0.3, -0.25) is 4.79 Å². The first-order chi connectivity index (χ1) is 11.9. The van der Waals surface area contributed by atoms with Gasteiger partial charge in [0.1, 0.15) is 10.7 Å². The van der Waals surface area contributed by atoms with E-state index in [0.717, 1.165) is 22.5 Å². The Kier molecular flexibility index (Phi) is 4.81. The second-order valence-electron chi connectivity index (χ2n) is 5.70. The number of fused-ring (bicyclic) bond motifs is 1. The molecule has 3 aromatic rings. The number of thiophene rings is 1. The molecule has 0 bridgehead atoms. The normalized spacial score (nSPS) is 10.7. The first-order valence-corrected chi connectivity index (χ1v) is 8.48. The van der Waals surface area contributed by atoms with Gasteiger partial charge in [-0.15, -0.1) is 11.3 Å². The number of amides is 1. The van der Waals surface area contributed by atoms with Gasteiger partial charge in [0.2, 0.25) is 0 Å². The van der Waals surface area contributed by atoms with E-state index in [-0.39, 0.29) is 10.7 Å². The smallest absolute Gasteiger partial charge is 0.348 e. The van der Waals surface area contributed by atoms with Crippen molar-refractivity contribution in [2.45, 2.75) is 13.8 Å². The Hall–Kier alpha value is -2.73. The highest BCUT2D eigenvalue weighted by Gasteiger charge is 2.15. The molecule has 6 heteroatoms. The van der Waals surface area contributed by atoms with Crippen molar-refractivity contribution >= 4 is 39.0 Å². The molecule has 1 N–H and O–H groups in total. The summed E-state index contributed by atoms with van der Waals surface area (Å²) in [5, 5.41) is 3.08. The third-order valence-electron chi connectivity index (χ3n) is 3.70. The van der Waals surface area contributed by atoms with Crippen LogP contribution in [0.5, 0.6) is 0 Å².